The molecule has 0 N–H and O–H groups in total. The summed E-state index contributed by atoms with van der Waals surface area (Å²) in [6, 6.07) is 1.81. The lowest BCUT2D eigenvalue weighted by atomic mass is 10.2. The summed E-state index contributed by atoms with van der Waals surface area (Å²) in [5, 5.41) is 2.98. The van der Waals surface area contributed by atoms with Gasteiger partial charge in [0.05, 0.1) is 17.9 Å². The molecule has 1 aliphatic rings. The van der Waals surface area contributed by atoms with Crippen LogP contribution >= 0.6 is 11.3 Å². The van der Waals surface area contributed by atoms with Crippen molar-refractivity contribution in [1.82, 2.24) is 19.9 Å². The molecule has 0 radical (unpaired) electrons. The van der Waals surface area contributed by atoms with E-state index in [9.17, 15) is 0 Å². The standard InChI is InChI=1S/C14H18N4OS/c1-10-6-18(7-11(2)19-10)8-12-9-20-14(17-12)13-15-4-3-5-16-13/h3-5,9-11H,6-8H2,1-2H3. The Hall–Kier alpha value is -1.37. The van der Waals surface area contributed by atoms with Crippen LogP contribution in [0.2, 0.25) is 0 Å². The van der Waals surface area contributed by atoms with Gasteiger partial charge in [-0.2, -0.15) is 0 Å². The van der Waals surface area contributed by atoms with Gasteiger partial charge in [-0.25, -0.2) is 15.0 Å². The summed E-state index contributed by atoms with van der Waals surface area (Å²) in [5.74, 6) is 0.701. The topological polar surface area (TPSA) is 51.1 Å². The van der Waals surface area contributed by atoms with E-state index in [1.807, 2.05) is 6.07 Å². The molecule has 1 fully saturated rings. The van der Waals surface area contributed by atoms with Crippen LogP contribution in [-0.2, 0) is 11.3 Å². The van der Waals surface area contributed by atoms with Crippen LogP contribution in [0.15, 0.2) is 23.8 Å². The highest BCUT2D eigenvalue weighted by Crippen LogP contribution is 2.21. The SMILES string of the molecule is CC1CN(Cc2csc(-c3ncccn3)n2)CC(C)O1. The first-order valence-electron chi connectivity index (χ1n) is 6.80. The largest absolute Gasteiger partial charge is 0.373 e. The quantitative estimate of drug-likeness (QED) is 0.867. The summed E-state index contributed by atoms with van der Waals surface area (Å²) >= 11 is 1.60. The number of nitrogens with zero attached hydrogens (tertiary/aromatic N) is 4. The Kier molecular flexibility index (Phi) is 4.05. The van der Waals surface area contributed by atoms with E-state index in [-0.39, 0.29) is 12.2 Å². The van der Waals surface area contributed by atoms with E-state index in [1.165, 1.54) is 0 Å². The van der Waals surface area contributed by atoms with Crippen LogP contribution in [0, 0.1) is 0 Å². The predicted octanol–water partition coefficient (Wildman–Crippen LogP) is 2.21. The maximum Gasteiger partial charge on any atom is 0.188 e. The van der Waals surface area contributed by atoms with E-state index in [4.69, 9.17) is 4.74 Å². The highest BCUT2D eigenvalue weighted by atomic mass is 32.1. The number of aromatic nitrogens is 3. The molecule has 0 aromatic carbocycles. The number of rotatable bonds is 3. The minimum absolute atomic E-state index is 0.286. The fourth-order valence-electron chi connectivity index (χ4n) is 2.53. The first kappa shape index (κ1) is 13.6. The van der Waals surface area contributed by atoms with Crippen LogP contribution in [-0.4, -0.2) is 45.1 Å². The molecular formula is C14H18N4OS. The van der Waals surface area contributed by atoms with E-state index in [2.05, 4.69) is 39.1 Å². The van der Waals surface area contributed by atoms with Gasteiger partial charge in [0, 0.05) is 37.4 Å². The molecule has 0 aliphatic carbocycles. The number of thiazole rings is 1. The van der Waals surface area contributed by atoms with E-state index in [1.54, 1.807) is 23.7 Å². The average molecular weight is 290 g/mol. The molecule has 5 nitrogen and oxygen atoms in total. The normalized spacial score (nSPS) is 23.9. The summed E-state index contributed by atoms with van der Waals surface area (Å²) in [7, 11) is 0. The summed E-state index contributed by atoms with van der Waals surface area (Å²) in [6.07, 6.45) is 4.06. The van der Waals surface area contributed by atoms with Gasteiger partial charge in [-0.15, -0.1) is 11.3 Å². The third-order valence-electron chi connectivity index (χ3n) is 3.19. The summed E-state index contributed by atoms with van der Waals surface area (Å²) in [6.45, 7) is 7.01. The lowest BCUT2D eigenvalue weighted by Gasteiger charge is -2.34. The van der Waals surface area contributed by atoms with Crippen LogP contribution in [0.4, 0.5) is 0 Å². The Morgan fingerprint density at radius 2 is 1.95 bits per heavy atom. The summed E-state index contributed by atoms with van der Waals surface area (Å²) in [4.78, 5) is 15.5. The fourth-order valence-corrected chi connectivity index (χ4v) is 3.29. The van der Waals surface area contributed by atoms with Crippen molar-refractivity contribution in [3.05, 3.63) is 29.5 Å². The van der Waals surface area contributed by atoms with Gasteiger partial charge in [0.2, 0.25) is 0 Å². The lowest BCUT2D eigenvalue weighted by Crippen LogP contribution is -2.44. The molecule has 3 rings (SSSR count). The molecule has 3 heterocycles. The molecule has 2 aromatic heterocycles. The van der Waals surface area contributed by atoms with Crippen molar-refractivity contribution in [3.63, 3.8) is 0 Å². The Bertz CT molecular complexity index is 549. The average Bonchev–Trinajstić information content (AvgIpc) is 2.87. The van der Waals surface area contributed by atoms with Crippen LogP contribution in [0.25, 0.3) is 10.8 Å². The Balaban J connectivity index is 1.68. The van der Waals surface area contributed by atoms with Gasteiger partial charge >= 0.3 is 0 Å². The molecule has 20 heavy (non-hydrogen) atoms. The second-order valence-electron chi connectivity index (χ2n) is 5.17. The molecule has 0 amide bonds. The van der Waals surface area contributed by atoms with Crippen LogP contribution in [0.5, 0.6) is 0 Å². The predicted molar refractivity (Wildman–Crippen MR) is 78.4 cm³/mol. The van der Waals surface area contributed by atoms with Crippen LogP contribution in [0.1, 0.15) is 19.5 Å². The number of ether oxygens (including phenoxy) is 1. The number of hydrogen-bond donors (Lipinski definition) is 0. The highest BCUT2D eigenvalue weighted by molar-refractivity contribution is 7.13. The second kappa shape index (κ2) is 5.95. The van der Waals surface area contributed by atoms with Crippen molar-refractivity contribution in [1.29, 1.82) is 0 Å². The van der Waals surface area contributed by atoms with Gasteiger partial charge in [0.15, 0.2) is 10.8 Å². The molecule has 0 bridgehead atoms. The Morgan fingerprint density at radius 3 is 2.65 bits per heavy atom. The zero-order chi connectivity index (χ0) is 13.9. The molecule has 6 heteroatoms. The molecule has 0 spiro atoms. The number of morpholine rings is 1. The van der Waals surface area contributed by atoms with Gasteiger partial charge in [0.25, 0.3) is 0 Å². The highest BCUT2D eigenvalue weighted by Gasteiger charge is 2.22. The minimum Gasteiger partial charge on any atom is -0.373 e. The molecule has 2 aromatic rings. The van der Waals surface area contributed by atoms with Crippen molar-refractivity contribution in [2.45, 2.75) is 32.6 Å². The first-order chi connectivity index (χ1) is 9.70. The molecule has 1 saturated heterocycles. The van der Waals surface area contributed by atoms with Gasteiger partial charge in [-0.05, 0) is 19.9 Å². The van der Waals surface area contributed by atoms with Gasteiger partial charge in [-0.3, -0.25) is 4.90 Å². The van der Waals surface area contributed by atoms with E-state index >= 15 is 0 Å². The molecule has 2 unspecified atom stereocenters. The van der Waals surface area contributed by atoms with Crippen molar-refractivity contribution in [2.75, 3.05) is 13.1 Å². The molecule has 106 valence electrons. The Labute approximate surface area is 122 Å². The molecule has 2 atom stereocenters. The first-order valence-corrected chi connectivity index (χ1v) is 7.68. The van der Waals surface area contributed by atoms with E-state index in [0.717, 1.165) is 30.3 Å². The van der Waals surface area contributed by atoms with Crippen molar-refractivity contribution < 1.29 is 4.74 Å². The molecule has 1 aliphatic heterocycles. The van der Waals surface area contributed by atoms with Crippen molar-refractivity contribution >= 4 is 11.3 Å². The molecule has 0 saturated carbocycles. The minimum atomic E-state index is 0.286. The maximum atomic E-state index is 5.75. The fraction of sp³-hybridized carbons (Fsp3) is 0.500. The van der Waals surface area contributed by atoms with E-state index in [0.29, 0.717) is 5.82 Å². The summed E-state index contributed by atoms with van der Waals surface area (Å²) in [5.41, 5.74) is 1.08. The zero-order valence-electron chi connectivity index (χ0n) is 11.7. The third kappa shape index (κ3) is 3.20. The maximum absolute atomic E-state index is 5.75. The monoisotopic (exact) mass is 290 g/mol. The Morgan fingerprint density at radius 1 is 1.25 bits per heavy atom. The molecular weight excluding hydrogens is 272 g/mol. The van der Waals surface area contributed by atoms with Crippen LogP contribution in [0.3, 0.4) is 0 Å². The third-order valence-corrected chi connectivity index (χ3v) is 4.08. The summed E-state index contributed by atoms with van der Waals surface area (Å²) < 4.78 is 5.75. The smallest absolute Gasteiger partial charge is 0.188 e. The van der Waals surface area contributed by atoms with E-state index < -0.39 is 0 Å². The number of hydrogen-bond acceptors (Lipinski definition) is 6. The van der Waals surface area contributed by atoms with Crippen molar-refractivity contribution in [2.24, 2.45) is 0 Å². The van der Waals surface area contributed by atoms with Crippen LogP contribution < -0.4 is 0 Å². The second-order valence-corrected chi connectivity index (χ2v) is 6.03. The van der Waals surface area contributed by atoms with Gasteiger partial charge in [-0.1, -0.05) is 0 Å². The lowest BCUT2D eigenvalue weighted by molar-refractivity contribution is -0.0707. The van der Waals surface area contributed by atoms with Gasteiger partial charge in [0.1, 0.15) is 0 Å². The zero-order valence-corrected chi connectivity index (χ0v) is 12.5. The van der Waals surface area contributed by atoms with Gasteiger partial charge < -0.3 is 4.74 Å². The van der Waals surface area contributed by atoms with Crippen molar-refractivity contribution in [3.8, 4) is 10.8 Å².